The number of anilines is 1. The summed E-state index contributed by atoms with van der Waals surface area (Å²) in [6.07, 6.45) is 6.97. The number of nitrogens with one attached hydrogen (secondary N) is 2. The second-order valence-corrected chi connectivity index (χ2v) is 8.07. The first-order chi connectivity index (χ1) is 15.5. The van der Waals surface area contributed by atoms with E-state index in [1.54, 1.807) is 24.3 Å². The Balaban J connectivity index is 1.55. The Kier molecular flexibility index (Phi) is 8.58. The van der Waals surface area contributed by atoms with Gasteiger partial charge in [0, 0.05) is 25.3 Å². The molecular weight excluding hydrogens is 434 g/mol. The smallest absolute Gasteiger partial charge is 0.270 e. The molecule has 0 bridgehead atoms. The molecule has 0 heterocycles. The van der Waals surface area contributed by atoms with Crippen molar-refractivity contribution in [1.82, 2.24) is 5.32 Å². The summed E-state index contributed by atoms with van der Waals surface area (Å²) in [5.41, 5.74) is 0.501. The van der Waals surface area contributed by atoms with Crippen molar-refractivity contribution >= 4 is 34.8 Å². The van der Waals surface area contributed by atoms with E-state index < -0.39 is 10.8 Å². The Bertz CT molecular complexity index is 976. The van der Waals surface area contributed by atoms with Crippen LogP contribution >= 0.6 is 11.6 Å². The van der Waals surface area contributed by atoms with E-state index in [1.165, 1.54) is 31.4 Å². The Morgan fingerprint density at radius 2 is 1.81 bits per heavy atom. The van der Waals surface area contributed by atoms with Gasteiger partial charge in [0.15, 0.2) is 0 Å². The topological polar surface area (TPSA) is 111 Å². The number of hydrogen-bond acceptors (Lipinski definition) is 5. The number of hydrogen-bond donors (Lipinski definition) is 2. The van der Waals surface area contributed by atoms with Gasteiger partial charge in [-0.05, 0) is 37.5 Å². The van der Waals surface area contributed by atoms with Gasteiger partial charge in [-0.25, -0.2) is 0 Å². The first-order valence-corrected chi connectivity index (χ1v) is 11.1. The van der Waals surface area contributed by atoms with Crippen molar-refractivity contribution in [3.63, 3.8) is 0 Å². The lowest BCUT2D eigenvalue weighted by Gasteiger charge is -2.21. The zero-order chi connectivity index (χ0) is 22.9. The fourth-order valence-corrected chi connectivity index (χ4v) is 3.89. The van der Waals surface area contributed by atoms with Crippen molar-refractivity contribution in [2.24, 2.45) is 0 Å². The maximum atomic E-state index is 12.6. The van der Waals surface area contributed by atoms with Gasteiger partial charge in [-0.15, -0.1) is 0 Å². The van der Waals surface area contributed by atoms with E-state index in [4.69, 9.17) is 16.3 Å². The molecule has 1 aliphatic rings. The number of carbonyl (C=O) groups is 2. The fourth-order valence-electron chi connectivity index (χ4n) is 3.63. The number of halogens is 1. The van der Waals surface area contributed by atoms with Gasteiger partial charge in [-0.1, -0.05) is 43.0 Å². The summed E-state index contributed by atoms with van der Waals surface area (Å²) >= 11 is 6.03. The highest BCUT2D eigenvalue weighted by Crippen LogP contribution is 2.24. The molecule has 9 heteroatoms. The second-order valence-electron chi connectivity index (χ2n) is 7.66. The largest absolute Gasteiger partial charge is 0.378 e. The van der Waals surface area contributed by atoms with Crippen molar-refractivity contribution in [2.45, 2.75) is 44.6 Å². The summed E-state index contributed by atoms with van der Waals surface area (Å²) < 4.78 is 5.87. The van der Waals surface area contributed by atoms with Crippen LogP contribution in [0.2, 0.25) is 5.02 Å². The molecule has 2 aromatic carbocycles. The lowest BCUT2D eigenvalue weighted by molar-refractivity contribution is -0.384. The predicted octanol–water partition coefficient (Wildman–Crippen LogP) is 4.97. The van der Waals surface area contributed by atoms with Crippen LogP contribution in [0.15, 0.2) is 42.5 Å². The van der Waals surface area contributed by atoms with E-state index >= 15 is 0 Å². The zero-order valence-electron chi connectivity index (χ0n) is 17.6. The van der Waals surface area contributed by atoms with Crippen LogP contribution in [-0.2, 0) is 4.74 Å². The number of rotatable bonds is 9. The van der Waals surface area contributed by atoms with Crippen LogP contribution in [0.5, 0.6) is 0 Å². The van der Waals surface area contributed by atoms with Crippen LogP contribution in [-0.4, -0.2) is 36.0 Å². The second kappa shape index (κ2) is 11.6. The van der Waals surface area contributed by atoms with Crippen molar-refractivity contribution in [2.75, 3.05) is 18.5 Å². The van der Waals surface area contributed by atoms with E-state index in [0.717, 1.165) is 18.9 Å². The fraction of sp³-hybridized carbons (Fsp3) is 0.391. The molecule has 2 aromatic rings. The minimum absolute atomic E-state index is 0.0448. The summed E-state index contributed by atoms with van der Waals surface area (Å²) in [5.74, 6) is -0.876. The molecule has 0 atom stereocenters. The summed E-state index contributed by atoms with van der Waals surface area (Å²) in [6, 6.07) is 10.2. The minimum Gasteiger partial charge on any atom is -0.378 e. The summed E-state index contributed by atoms with van der Waals surface area (Å²) in [4.78, 5) is 35.5. The normalized spacial score (nSPS) is 14.0. The van der Waals surface area contributed by atoms with E-state index in [1.807, 2.05) is 0 Å². The molecule has 0 spiro atoms. The molecule has 0 unspecified atom stereocenters. The van der Waals surface area contributed by atoms with E-state index in [2.05, 4.69) is 10.6 Å². The molecule has 170 valence electrons. The third-order valence-corrected chi connectivity index (χ3v) is 5.65. The van der Waals surface area contributed by atoms with E-state index in [9.17, 15) is 19.7 Å². The number of para-hydroxylation sites is 1. The molecule has 2 amide bonds. The number of nitro groups is 1. The number of benzene rings is 2. The molecule has 8 nitrogen and oxygen atoms in total. The van der Waals surface area contributed by atoms with Crippen LogP contribution in [0.25, 0.3) is 0 Å². The highest BCUT2D eigenvalue weighted by atomic mass is 35.5. The van der Waals surface area contributed by atoms with E-state index in [-0.39, 0.29) is 22.2 Å². The van der Waals surface area contributed by atoms with Gasteiger partial charge in [0.05, 0.1) is 32.9 Å². The monoisotopic (exact) mass is 459 g/mol. The SMILES string of the molecule is O=C(Nc1ccccc1C(=O)NCCCOC1CCCCC1)c1ccc([N+](=O)[O-])cc1Cl. The third-order valence-electron chi connectivity index (χ3n) is 5.34. The minimum atomic E-state index is -0.590. The van der Waals surface area contributed by atoms with Crippen LogP contribution in [0.3, 0.4) is 0 Å². The summed E-state index contributed by atoms with van der Waals surface area (Å²) in [6.45, 7) is 1.06. The van der Waals surface area contributed by atoms with Crippen molar-refractivity contribution in [1.29, 1.82) is 0 Å². The molecule has 0 aliphatic heterocycles. The summed E-state index contributed by atoms with van der Waals surface area (Å²) in [7, 11) is 0. The van der Waals surface area contributed by atoms with Gasteiger partial charge in [-0.3, -0.25) is 19.7 Å². The number of non-ortho nitro benzene ring substituents is 1. The Morgan fingerprint density at radius 3 is 2.53 bits per heavy atom. The maximum Gasteiger partial charge on any atom is 0.270 e. The van der Waals surface area contributed by atoms with Crippen LogP contribution in [0.4, 0.5) is 11.4 Å². The van der Waals surface area contributed by atoms with Gasteiger partial charge in [0.1, 0.15) is 0 Å². The lowest BCUT2D eigenvalue weighted by atomic mass is 9.98. The molecule has 32 heavy (non-hydrogen) atoms. The Hall–Kier alpha value is -2.97. The van der Waals surface area contributed by atoms with Crippen molar-refractivity contribution in [3.8, 4) is 0 Å². The van der Waals surface area contributed by atoms with Crippen molar-refractivity contribution < 1.29 is 19.2 Å². The number of nitrogens with zero attached hydrogens (tertiary/aromatic N) is 1. The number of nitro benzene ring substituents is 1. The third kappa shape index (κ3) is 6.51. The highest BCUT2D eigenvalue weighted by Gasteiger charge is 2.18. The first-order valence-electron chi connectivity index (χ1n) is 10.7. The number of ether oxygens (including phenoxy) is 1. The van der Waals surface area contributed by atoms with Crippen LogP contribution in [0.1, 0.15) is 59.2 Å². The van der Waals surface area contributed by atoms with Gasteiger partial charge < -0.3 is 15.4 Å². The standard InChI is InChI=1S/C23H26ClN3O5/c24-20-15-16(27(30)31)11-12-18(20)23(29)26-21-10-5-4-9-19(21)22(28)25-13-6-14-32-17-7-2-1-3-8-17/h4-5,9-12,15,17H,1-3,6-8,13-14H2,(H,25,28)(H,26,29). The van der Waals surface area contributed by atoms with Gasteiger partial charge in [0.2, 0.25) is 0 Å². The average Bonchev–Trinajstić information content (AvgIpc) is 2.79. The Morgan fingerprint density at radius 1 is 1.06 bits per heavy atom. The highest BCUT2D eigenvalue weighted by molar-refractivity contribution is 6.34. The molecular formula is C23H26ClN3O5. The molecule has 0 saturated heterocycles. The number of carbonyl (C=O) groups excluding carboxylic acids is 2. The van der Waals surface area contributed by atoms with E-state index in [0.29, 0.717) is 36.9 Å². The van der Waals surface area contributed by atoms with Crippen molar-refractivity contribution in [3.05, 3.63) is 68.7 Å². The molecule has 1 fully saturated rings. The molecule has 2 N–H and O–H groups in total. The molecule has 0 aromatic heterocycles. The summed E-state index contributed by atoms with van der Waals surface area (Å²) in [5, 5.41) is 16.3. The molecule has 1 saturated carbocycles. The van der Waals surface area contributed by atoms with Gasteiger partial charge in [-0.2, -0.15) is 0 Å². The first kappa shape index (κ1) is 23.7. The molecule has 1 aliphatic carbocycles. The molecule has 0 radical (unpaired) electrons. The zero-order valence-corrected chi connectivity index (χ0v) is 18.4. The average molecular weight is 460 g/mol. The Labute approximate surface area is 191 Å². The number of amides is 2. The predicted molar refractivity (Wildman–Crippen MR) is 122 cm³/mol. The van der Waals surface area contributed by atoms with Crippen LogP contribution in [0, 0.1) is 10.1 Å². The maximum absolute atomic E-state index is 12.6. The quantitative estimate of drug-likeness (QED) is 0.312. The lowest BCUT2D eigenvalue weighted by Crippen LogP contribution is -2.27. The van der Waals surface area contributed by atoms with Crippen LogP contribution < -0.4 is 10.6 Å². The molecule has 3 rings (SSSR count). The van der Waals surface area contributed by atoms with Gasteiger partial charge in [0.25, 0.3) is 17.5 Å². The van der Waals surface area contributed by atoms with Gasteiger partial charge >= 0.3 is 0 Å².